The van der Waals surface area contributed by atoms with E-state index in [0.717, 1.165) is 14.6 Å². The van der Waals surface area contributed by atoms with Gasteiger partial charge in [0.2, 0.25) is 5.52 Å². The Morgan fingerprint density at radius 3 is 3.00 bits per heavy atom. The van der Waals surface area contributed by atoms with Crippen LogP contribution in [-0.2, 0) is 4.79 Å². The van der Waals surface area contributed by atoms with Crippen LogP contribution in [0.5, 0.6) is 11.5 Å². The van der Waals surface area contributed by atoms with E-state index in [4.69, 9.17) is 0 Å². The van der Waals surface area contributed by atoms with E-state index < -0.39 is 5.75 Å². The van der Waals surface area contributed by atoms with Crippen LogP contribution in [0.1, 0.15) is 5.56 Å². The van der Waals surface area contributed by atoms with E-state index >= 15 is 0 Å². The highest BCUT2D eigenvalue weighted by molar-refractivity contribution is 8.01. The van der Waals surface area contributed by atoms with Crippen molar-refractivity contribution in [3.63, 3.8) is 0 Å². The molecule has 1 amide bonds. The van der Waals surface area contributed by atoms with Crippen molar-refractivity contribution in [2.24, 2.45) is 5.10 Å². The van der Waals surface area contributed by atoms with Crippen molar-refractivity contribution in [1.29, 1.82) is 0 Å². The van der Waals surface area contributed by atoms with Crippen LogP contribution in [0.3, 0.4) is 0 Å². The standard InChI is InChI=1S/C16H13N3O3S2/c20-12-6-5-10(7-13(12)21)8-17-19-15(22)9-23-16-18-11-3-1-2-4-14(11)24-16/h1-8,20-21H,9H2,(H,19,22)/b17-8+. The molecule has 0 unspecified atom stereocenters. The van der Waals surface area contributed by atoms with Gasteiger partial charge in [0.25, 0.3) is 10.2 Å². The summed E-state index contributed by atoms with van der Waals surface area (Å²) in [5.74, 6) is -0.814. The lowest BCUT2D eigenvalue weighted by Crippen LogP contribution is -2.20. The van der Waals surface area contributed by atoms with Gasteiger partial charge in [-0.1, -0.05) is 41.4 Å². The van der Waals surface area contributed by atoms with Gasteiger partial charge >= 0.3 is 0 Å². The number of aromatic amines is 1. The quantitative estimate of drug-likeness (QED) is 0.412. The molecule has 0 radical (unpaired) electrons. The fourth-order valence-electron chi connectivity index (χ4n) is 1.92. The molecule has 0 aliphatic rings. The molecule has 2 aromatic carbocycles. The second kappa shape index (κ2) is 7.33. The van der Waals surface area contributed by atoms with Crippen molar-refractivity contribution in [3.8, 4) is 11.5 Å². The summed E-state index contributed by atoms with van der Waals surface area (Å²) in [5.41, 5.74) is 3.98. The van der Waals surface area contributed by atoms with E-state index in [0.29, 0.717) is 5.56 Å². The Hall–Kier alpha value is -2.58. The van der Waals surface area contributed by atoms with Gasteiger partial charge in [-0.15, -0.1) is 0 Å². The second-order valence-electron chi connectivity index (χ2n) is 4.82. The molecule has 0 saturated carbocycles. The molecule has 3 rings (SSSR count). The first-order valence-electron chi connectivity index (χ1n) is 6.97. The van der Waals surface area contributed by atoms with Gasteiger partial charge in [-0.3, -0.25) is 4.79 Å². The summed E-state index contributed by atoms with van der Waals surface area (Å²) >= 11 is 3.00. The zero-order valence-corrected chi connectivity index (χ0v) is 14.0. The predicted octanol–water partition coefficient (Wildman–Crippen LogP) is 1.74. The molecule has 122 valence electrons. The summed E-state index contributed by atoms with van der Waals surface area (Å²) in [7, 11) is 0. The van der Waals surface area contributed by atoms with Crippen LogP contribution >= 0.6 is 23.1 Å². The molecule has 0 spiro atoms. The van der Waals surface area contributed by atoms with Crippen molar-refractivity contribution in [2.45, 2.75) is 4.34 Å². The first-order valence-corrected chi connectivity index (χ1v) is 8.77. The molecular formula is C16H13N3O3S2. The average molecular weight is 359 g/mol. The number of hydrazone groups is 1. The number of carbonyl (C=O) groups excluding carboxylic acids is 1. The van der Waals surface area contributed by atoms with Gasteiger partial charge in [0, 0.05) is 6.07 Å². The van der Waals surface area contributed by atoms with Crippen molar-refractivity contribution < 1.29 is 20.0 Å². The van der Waals surface area contributed by atoms with Crippen LogP contribution in [0.2, 0.25) is 0 Å². The number of thiazole rings is 1. The third-order valence-corrected chi connectivity index (χ3v) is 5.28. The van der Waals surface area contributed by atoms with Crippen LogP contribution in [0, 0.1) is 0 Å². The Morgan fingerprint density at radius 1 is 1.38 bits per heavy atom. The molecule has 6 nitrogen and oxygen atoms in total. The van der Waals surface area contributed by atoms with Gasteiger partial charge in [0.05, 0.1) is 12.0 Å². The van der Waals surface area contributed by atoms with E-state index in [1.165, 1.54) is 36.2 Å². The molecule has 3 N–H and O–H groups in total. The van der Waals surface area contributed by atoms with Gasteiger partial charge in [-0.2, -0.15) is 10.1 Å². The molecule has 24 heavy (non-hydrogen) atoms. The van der Waals surface area contributed by atoms with Crippen LogP contribution in [0.25, 0.3) is 10.2 Å². The number of phenols is 1. The Bertz CT molecular complexity index is 875. The number of phenolic OH excluding ortho intramolecular Hbond substituents is 1. The van der Waals surface area contributed by atoms with Crippen LogP contribution in [0.15, 0.2) is 51.9 Å². The average Bonchev–Trinajstić information content (AvgIpc) is 2.99. The molecule has 0 fully saturated rings. The largest absolute Gasteiger partial charge is 0.870 e. The molecule has 8 heteroatoms. The summed E-state index contributed by atoms with van der Waals surface area (Å²) in [6, 6.07) is 12.0. The first kappa shape index (κ1) is 16.3. The number of aromatic nitrogens is 1. The third-order valence-electron chi connectivity index (χ3n) is 3.05. The van der Waals surface area contributed by atoms with Crippen LogP contribution in [0.4, 0.5) is 0 Å². The summed E-state index contributed by atoms with van der Waals surface area (Å²) in [6.07, 6.45) is 1.37. The Morgan fingerprint density at radius 2 is 2.21 bits per heavy atom. The number of fused-ring (bicyclic) bond motifs is 1. The van der Waals surface area contributed by atoms with E-state index in [2.05, 4.69) is 15.5 Å². The molecule has 3 aromatic rings. The summed E-state index contributed by atoms with van der Waals surface area (Å²) in [6.45, 7) is 0. The van der Waals surface area contributed by atoms with Crippen molar-refractivity contribution in [3.05, 3.63) is 48.0 Å². The van der Waals surface area contributed by atoms with Gasteiger partial charge in [0.15, 0.2) is 0 Å². The number of nitrogens with zero attached hydrogens (tertiary/aromatic N) is 1. The molecule has 0 bridgehead atoms. The lowest BCUT2D eigenvalue weighted by molar-refractivity contribution is -0.385. The number of hydrogen-bond acceptors (Lipinski definition) is 6. The maximum absolute atomic E-state index is 11.8. The number of para-hydroxylation sites is 1. The zero-order chi connectivity index (χ0) is 16.9. The van der Waals surface area contributed by atoms with E-state index in [-0.39, 0.29) is 17.4 Å². The molecule has 0 atom stereocenters. The summed E-state index contributed by atoms with van der Waals surface area (Å²) in [4.78, 5) is 15.0. The lowest BCUT2D eigenvalue weighted by Gasteiger charge is -2.07. The normalized spacial score (nSPS) is 11.2. The minimum atomic E-state index is -0.452. The molecule has 0 aliphatic carbocycles. The number of hydrogen-bond donors (Lipinski definition) is 2. The summed E-state index contributed by atoms with van der Waals surface area (Å²) in [5, 5.41) is 24.2. The third kappa shape index (κ3) is 4.03. The highest BCUT2D eigenvalue weighted by Crippen LogP contribution is 2.25. The fourth-order valence-corrected chi connectivity index (χ4v) is 3.84. The number of carbonyl (C=O) groups is 1. The smallest absolute Gasteiger partial charge is 0.297 e. The van der Waals surface area contributed by atoms with Gasteiger partial charge in [-0.25, -0.2) is 5.43 Å². The molecular weight excluding hydrogens is 346 g/mol. The van der Waals surface area contributed by atoms with Gasteiger partial charge in [-0.05, 0) is 29.5 Å². The van der Waals surface area contributed by atoms with Crippen molar-refractivity contribution >= 4 is 45.4 Å². The highest BCUT2D eigenvalue weighted by Gasteiger charge is 2.12. The second-order valence-corrected chi connectivity index (χ2v) is 7.12. The zero-order valence-electron chi connectivity index (χ0n) is 12.4. The molecule has 0 saturated heterocycles. The van der Waals surface area contributed by atoms with Gasteiger partial charge < -0.3 is 10.2 Å². The number of H-pyrrole nitrogens is 1. The maximum atomic E-state index is 11.8. The van der Waals surface area contributed by atoms with Gasteiger partial charge in [0.1, 0.15) is 10.4 Å². The predicted molar refractivity (Wildman–Crippen MR) is 92.4 cm³/mol. The SMILES string of the molecule is O=C(CSc1[nH+]c2ccccc2s1)N/N=C/c1ccc([O-])c(O)c1. The number of thioether (sulfide) groups is 1. The topological polar surface area (TPSA) is 98.9 Å². The van der Waals surface area contributed by atoms with Crippen molar-refractivity contribution in [1.82, 2.24) is 5.43 Å². The van der Waals surface area contributed by atoms with Crippen molar-refractivity contribution in [2.75, 3.05) is 5.75 Å². The maximum Gasteiger partial charge on any atom is 0.297 e. The molecule has 1 aromatic heterocycles. The summed E-state index contributed by atoms with van der Waals surface area (Å²) < 4.78 is 2.09. The van der Waals surface area contributed by atoms with E-state index in [9.17, 15) is 15.0 Å². The van der Waals surface area contributed by atoms with E-state index in [1.54, 1.807) is 11.3 Å². The number of aromatic hydroxyl groups is 1. The highest BCUT2D eigenvalue weighted by atomic mass is 32.2. The minimum Gasteiger partial charge on any atom is -0.870 e. The fraction of sp³-hybridized carbons (Fsp3) is 0.0625. The number of benzene rings is 2. The molecule has 0 aliphatic heterocycles. The first-order chi connectivity index (χ1) is 11.6. The number of rotatable bonds is 5. The van der Waals surface area contributed by atoms with Crippen LogP contribution < -0.4 is 15.5 Å². The molecule has 1 heterocycles. The minimum absolute atomic E-state index is 0.228. The Balaban J connectivity index is 1.51. The Labute approximate surface area is 145 Å². The number of amides is 1. The van der Waals surface area contributed by atoms with Crippen LogP contribution in [-0.4, -0.2) is 23.0 Å². The Kier molecular flexibility index (Phi) is 4.97. The lowest BCUT2D eigenvalue weighted by atomic mass is 10.2. The van der Waals surface area contributed by atoms with E-state index in [1.807, 2.05) is 24.3 Å². The monoisotopic (exact) mass is 359 g/mol. The number of nitrogens with one attached hydrogen (secondary N) is 2.